The van der Waals surface area contributed by atoms with Gasteiger partial charge in [0.05, 0.1) is 0 Å². The number of nitrogens with zero attached hydrogens (tertiary/aromatic N) is 1. The maximum Gasteiger partial charge on any atom is 0.220 e. The van der Waals surface area contributed by atoms with Crippen molar-refractivity contribution in [3.8, 4) is 16.9 Å². The van der Waals surface area contributed by atoms with E-state index in [2.05, 4.69) is 10.3 Å². The minimum atomic E-state index is -0.827. The summed E-state index contributed by atoms with van der Waals surface area (Å²) in [5.41, 5.74) is 3.05. The van der Waals surface area contributed by atoms with Crippen molar-refractivity contribution in [1.29, 1.82) is 0 Å². The van der Waals surface area contributed by atoms with Crippen LogP contribution in [0.1, 0.15) is 11.1 Å². The van der Waals surface area contributed by atoms with Crippen LogP contribution in [0.25, 0.3) is 11.1 Å². The lowest BCUT2D eigenvalue weighted by Crippen LogP contribution is -2.12. The minimum absolute atomic E-state index is 0.109. The van der Waals surface area contributed by atoms with E-state index in [1.807, 2.05) is 31.2 Å². The van der Waals surface area contributed by atoms with Crippen molar-refractivity contribution in [3.05, 3.63) is 95.5 Å². The summed E-state index contributed by atoms with van der Waals surface area (Å²) in [6, 6.07) is 14.3. The van der Waals surface area contributed by atoms with Crippen LogP contribution >= 0.6 is 0 Å². The molecule has 0 aromatic heterocycles. The van der Waals surface area contributed by atoms with Gasteiger partial charge in [0, 0.05) is 18.8 Å². The fourth-order valence-electron chi connectivity index (χ4n) is 2.98. The molecule has 0 bridgehead atoms. The van der Waals surface area contributed by atoms with Gasteiger partial charge in [-0.3, -0.25) is 0 Å². The van der Waals surface area contributed by atoms with Gasteiger partial charge in [-0.25, -0.2) is 18.2 Å². The van der Waals surface area contributed by atoms with Gasteiger partial charge < -0.3 is 10.1 Å². The Balaban J connectivity index is 1.57. The average Bonchev–Trinajstić information content (AvgIpc) is 2.67. The summed E-state index contributed by atoms with van der Waals surface area (Å²) in [4.78, 5) is 3.81. The molecule has 0 unspecified atom stereocenters. The number of nitrogens with one attached hydrogen (secondary N) is 1. The second-order valence-electron chi connectivity index (χ2n) is 6.62. The molecule has 1 aliphatic rings. The number of benzene rings is 3. The molecule has 4 rings (SSSR count). The summed E-state index contributed by atoms with van der Waals surface area (Å²) >= 11 is 0. The summed E-state index contributed by atoms with van der Waals surface area (Å²) < 4.78 is 47.7. The van der Waals surface area contributed by atoms with Crippen molar-refractivity contribution >= 4 is 11.6 Å². The Hall–Kier alpha value is -3.54. The molecule has 0 aliphatic carbocycles. The number of aryl methyl sites for hydroxylation is 1. The number of rotatable bonds is 5. The van der Waals surface area contributed by atoms with Gasteiger partial charge in [-0.1, -0.05) is 24.3 Å². The second kappa shape index (κ2) is 7.83. The highest BCUT2D eigenvalue weighted by atomic mass is 19.1. The first-order chi connectivity index (χ1) is 14.0. The van der Waals surface area contributed by atoms with Crippen molar-refractivity contribution in [2.24, 2.45) is 4.99 Å². The van der Waals surface area contributed by atoms with E-state index in [-0.39, 0.29) is 29.7 Å². The lowest BCUT2D eigenvalue weighted by Gasteiger charge is -2.15. The Kier molecular flexibility index (Phi) is 5.08. The molecular weight excluding hydrogens is 377 g/mol. The third-order valence-corrected chi connectivity index (χ3v) is 4.65. The van der Waals surface area contributed by atoms with Crippen LogP contribution in [0.4, 0.5) is 18.9 Å². The van der Waals surface area contributed by atoms with E-state index in [0.29, 0.717) is 0 Å². The molecule has 146 valence electrons. The lowest BCUT2D eigenvalue weighted by molar-refractivity contribution is 0.485. The molecule has 3 aromatic rings. The van der Waals surface area contributed by atoms with Crippen molar-refractivity contribution < 1.29 is 17.9 Å². The van der Waals surface area contributed by atoms with Crippen molar-refractivity contribution in [2.45, 2.75) is 13.5 Å². The summed E-state index contributed by atoms with van der Waals surface area (Å²) in [5.74, 6) is -1.72. The van der Waals surface area contributed by atoms with E-state index < -0.39 is 11.6 Å². The molecular formula is C23H17F3N2O. The Morgan fingerprint density at radius 3 is 2.48 bits per heavy atom. The van der Waals surface area contributed by atoms with Gasteiger partial charge in [0.2, 0.25) is 5.90 Å². The summed E-state index contributed by atoms with van der Waals surface area (Å²) in [5, 5.41) is 2.82. The normalized spacial score (nSPS) is 12.3. The molecule has 0 saturated carbocycles. The van der Waals surface area contributed by atoms with Crippen molar-refractivity contribution in [2.75, 3.05) is 5.32 Å². The molecule has 1 N–H and O–H groups in total. The largest absolute Gasteiger partial charge is 0.436 e. The van der Waals surface area contributed by atoms with E-state index in [0.717, 1.165) is 28.3 Å². The zero-order valence-corrected chi connectivity index (χ0v) is 15.5. The highest BCUT2D eigenvalue weighted by molar-refractivity contribution is 5.94. The molecule has 3 nitrogen and oxygen atoms in total. The van der Waals surface area contributed by atoms with Gasteiger partial charge >= 0.3 is 0 Å². The maximum absolute atomic E-state index is 14.7. The fourth-order valence-corrected chi connectivity index (χ4v) is 2.98. The number of hydrogen-bond acceptors (Lipinski definition) is 3. The Bertz CT molecular complexity index is 1140. The molecule has 3 aromatic carbocycles. The van der Waals surface area contributed by atoms with Crippen LogP contribution in [0.2, 0.25) is 0 Å². The van der Waals surface area contributed by atoms with E-state index in [1.165, 1.54) is 24.4 Å². The Morgan fingerprint density at radius 2 is 1.76 bits per heavy atom. The van der Waals surface area contributed by atoms with Gasteiger partial charge in [0.15, 0.2) is 11.6 Å². The summed E-state index contributed by atoms with van der Waals surface area (Å²) in [7, 11) is 0. The smallest absolute Gasteiger partial charge is 0.220 e. The Labute approximate surface area is 166 Å². The first-order valence-electron chi connectivity index (χ1n) is 9.01. The molecule has 6 heteroatoms. The van der Waals surface area contributed by atoms with Crippen LogP contribution in [-0.2, 0) is 6.54 Å². The van der Waals surface area contributed by atoms with Gasteiger partial charge in [-0.15, -0.1) is 0 Å². The monoisotopic (exact) mass is 394 g/mol. The molecule has 1 aliphatic heterocycles. The first-order valence-corrected chi connectivity index (χ1v) is 9.01. The fraction of sp³-hybridized carbons (Fsp3) is 0.0870. The van der Waals surface area contributed by atoms with Gasteiger partial charge in [-0.2, -0.15) is 0 Å². The van der Waals surface area contributed by atoms with Crippen LogP contribution < -0.4 is 10.1 Å². The molecule has 0 spiro atoms. The van der Waals surface area contributed by atoms with E-state index in [4.69, 9.17) is 4.74 Å². The van der Waals surface area contributed by atoms with Crippen LogP contribution in [0, 0.1) is 24.4 Å². The minimum Gasteiger partial charge on any atom is -0.436 e. The quantitative estimate of drug-likeness (QED) is 0.576. The standard InChI is InChI=1S/C23H17F3N2O/c1-14-5-6-16(15-3-2-4-18(24)12-15)11-17(14)13-28-23-19(25)7-8-20(22(23)26)29-21-9-10-27-21/h2-12,28H,13H2,1H3. The van der Waals surface area contributed by atoms with Crippen molar-refractivity contribution in [1.82, 2.24) is 0 Å². The SMILES string of the molecule is Cc1ccc(-c2cccc(F)c2)cc1CNc1c(F)ccc(OC2=NC=C2)c1F. The van der Waals surface area contributed by atoms with Crippen LogP contribution in [0.3, 0.4) is 0 Å². The number of hydrogen-bond donors (Lipinski definition) is 1. The topological polar surface area (TPSA) is 33.6 Å². The van der Waals surface area contributed by atoms with Crippen LogP contribution in [0.5, 0.6) is 5.75 Å². The predicted octanol–water partition coefficient (Wildman–Crippen LogP) is 6.00. The zero-order chi connectivity index (χ0) is 20.4. The summed E-state index contributed by atoms with van der Waals surface area (Å²) in [6.45, 7) is 2.09. The third-order valence-electron chi connectivity index (χ3n) is 4.65. The van der Waals surface area contributed by atoms with Crippen molar-refractivity contribution in [3.63, 3.8) is 0 Å². The molecule has 0 radical (unpaired) electrons. The highest BCUT2D eigenvalue weighted by Crippen LogP contribution is 2.30. The maximum atomic E-state index is 14.7. The number of anilines is 1. The molecule has 0 fully saturated rings. The molecule has 29 heavy (non-hydrogen) atoms. The van der Waals surface area contributed by atoms with Gasteiger partial charge in [-0.05, 0) is 59.5 Å². The number of aliphatic imine (C=N–C) groups is 1. The van der Waals surface area contributed by atoms with Crippen LogP contribution in [-0.4, -0.2) is 5.90 Å². The highest BCUT2D eigenvalue weighted by Gasteiger charge is 2.17. The van der Waals surface area contributed by atoms with E-state index in [1.54, 1.807) is 12.1 Å². The molecule has 0 saturated heterocycles. The second-order valence-corrected chi connectivity index (χ2v) is 6.62. The molecule has 1 heterocycles. The van der Waals surface area contributed by atoms with E-state index >= 15 is 0 Å². The Morgan fingerprint density at radius 1 is 0.966 bits per heavy atom. The number of halogens is 3. The summed E-state index contributed by atoms with van der Waals surface area (Å²) in [6.07, 6.45) is 3.10. The van der Waals surface area contributed by atoms with Crippen LogP contribution in [0.15, 0.2) is 71.9 Å². The molecule has 0 amide bonds. The number of ether oxygens (including phenoxy) is 1. The van der Waals surface area contributed by atoms with Gasteiger partial charge in [0.1, 0.15) is 17.3 Å². The zero-order valence-electron chi connectivity index (χ0n) is 15.5. The van der Waals surface area contributed by atoms with E-state index in [9.17, 15) is 13.2 Å². The lowest BCUT2D eigenvalue weighted by atomic mass is 9.99. The predicted molar refractivity (Wildman–Crippen MR) is 107 cm³/mol. The third kappa shape index (κ3) is 4.01. The average molecular weight is 394 g/mol. The molecule has 0 atom stereocenters. The first kappa shape index (κ1) is 18.8. The van der Waals surface area contributed by atoms with Gasteiger partial charge in [0.25, 0.3) is 0 Å².